The van der Waals surface area contributed by atoms with Gasteiger partial charge in [0.15, 0.2) is 0 Å². The molecule has 1 amide bonds. The van der Waals surface area contributed by atoms with Crippen LogP contribution in [-0.4, -0.2) is 44.9 Å². The van der Waals surface area contributed by atoms with Gasteiger partial charge in [-0.25, -0.2) is 0 Å². The maximum atomic E-state index is 12.3. The van der Waals surface area contributed by atoms with Crippen LogP contribution >= 0.6 is 0 Å². The third-order valence-corrected chi connectivity index (χ3v) is 5.92. The number of hydrogen-bond acceptors (Lipinski definition) is 4. The lowest BCUT2D eigenvalue weighted by atomic mass is 9.75. The fourth-order valence-corrected chi connectivity index (χ4v) is 4.26. The Morgan fingerprint density at radius 3 is 2.59 bits per heavy atom. The van der Waals surface area contributed by atoms with Crippen LogP contribution in [0.1, 0.15) is 40.0 Å². The maximum absolute atomic E-state index is 12.3. The molecule has 27 heavy (non-hydrogen) atoms. The lowest BCUT2D eigenvalue weighted by Crippen LogP contribution is -2.36. The van der Waals surface area contributed by atoms with Gasteiger partial charge < -0.3 is 19.7 Å². The number of nitrogens with zero attached hydrogens (tertiary/aromatic N) is 1. The van der Waals surface area contributed by atoms with Crippen molar-refractivity contribution < 1.29 is 14.3 Å². The van der Waals surface area contributed by atoms with E-state index in [0.29, 0.717) is 17.8 Å². The molecule has 1 aromatic carbocycles. The van der Waals surface area contributed by atoms with Crippen LogP contribution in [0.25, 0.3) is 0 Å². The molecule has 5 heteroatoms. The topological polar surface area (TPSA) is 50.8 Å². The minimum atomic E-state index is -0.0742. The molecule has 2 fully saturated rings. The maximum Gasteiger partial charge on any atom is 0.250 e. The van der Waals surface area contributed by atoms with E-state index in [1.165, 1.54) is 18.5 Å². The standard InChI is InChI=1S/C22H34N2O3/c1-16(2)20-9-4-17(3)14-21(20)27-15-22(25)23-18-5-7-19(8-6-18)24-10-12-26-13-11-24/h5-8,16-17,20-21H,4,9-15H2,1-3H3,(H,23,25)/t17-,20-,21+/m1/s1. The summed E-state index contributed by atoms with van der Waals surface area (Å²) in [7, 11) is 0. The van der Waals surface area contributed by atoms with Gasteiger partial charge in [0.1, 0.15) is 6.61 Å². The monoisotopic (exact) mass is 374 g/mol. The van der Waals surface area contributed by atoms with Crippen molar-refractivity contribution in [1.82, 2.24) is 0 Å². The van der Waals surface area contributed by atoms with E-state index in [9.17, 15) is 4.79 Å². The summed E-state index contributed by atoms with van der Waals surface area (Å²) < 4.78 is 11.4. The zero-order valence-electron chi connectivity index (χ0n) is 16.9. The Labute approximate surface area is 163 Å². The minimum Gasteiger partial charge on any atom is -0.378 e. The molecule has 0 aromatic heterocycles. The lowest BCUT2D eigenvalue weighted by Gasteiger charge is -2.37. The SMILES string of the molecule is CC(C)[C@H]1CC[C@@H](C)C[C@@H]1OCC(=O)Nc1ccc(N2CCOCC2)cc1. The second kappa shape index (κ2) is 9.56. The fourth-order valence-electron chi connectivity index (χ4n) is 4.26. The number of anilines is 2. The van der Waals surface area contributed by atoms with Crippen LogP contribution < -0.4 is 10.2 Å². The van der Waals surface area contributed by atoms with Gasteiger partial charge in [-0.3, -0.25) is 4.79 Å². The van der Waals surface area contributed by atoms with Gasteiger partial charge in [-0.05, 0) is 54.9 Å². The molecule has 1 heterocycles. The lowest BCUT2D eigenvalue weighted by molar-refractivity contribution is -0.126. The van der Waals surface area contributed by atoms with E-state index in [4.69, 9.17) is 9.47 Å². The molecule has 0 bridgehead atoms. The van der Waals surface area contributed by atoms with Gasteiger partial charge in [0.25, 0.3) is 0 Å². The van der Waals surface area contributed by atoms with E-state index in [1.807, 2.05) is 12.1 Å². The zero-order chi connectivity index (χ0) is 19.2. The summed E-state index contributed by atoms with van der Waals surface area (Å²) >= 11 is 0. The zero-order valence-corrected chi connectivity index (χ0v) is 16.9. The molecule has 3 atom stereocenters. The van der Waals surface area contributed by atoms with Gasteiger partial charge in [-0.2, -0.15) is 0 Å². The molecular weight excluding hydrogens is 340 g/mol. The van der Waals surface area contributed by atoms with Gasteiger partial charge >= 0.3 is 0 Å². The first kappa shape index (κ1) is 20.2. The molecule has 0 spiro atoms. The summed E-state index contributed by atoms with van der Waals surface area (Å²) in [4.78, 5) is 14.6. The molecule has 3 rings (SSSR count). The molecule has 2 aliphatic rings. The molecule has 1 aliphatic carbocycles. The van der Waals surface area contributed by atoms with Crippen molar-refractivity contribution in [2.75, 3.05) is 43.1 Å². The first-order chi connectivity index (χ1) is 13.0. The number of amides is 1. The third-order valence-electron chi connectivity index (χ3n) is 5.92. The van der Waals surface area contributed by atoms with Crippen molar-refractivity contribution in [3.05, 3.63) is 24.3 Å². The van der Waals surface area contributed by atoms with Gasteiger partial charge in [-0.15, -0.1) is 0 Å². The molecule has 1 saturated heterocycles. The largest absolute Gasteiger partial charge is 0.378 e. The Morgan fingerprint density at radius 2 is 1.93 bits per heavy atom. The molecule has 1 aromatic rings. The molecule has 150 valence electrons. The van der Waals surface area contributed by atoms with E-state index in [-0.39, 0.29) is 18.6 Å². The Kier molecular flexibility index (Phi) is 7.13. The van der Waals surface area contributed by atoms with Crippen molar-refractivity contribution in [2.45, 2.75) is 46.1 Å². The van der Waals surface area contributed by atoms with Crippen LogP contribution in [0, 0.1) is 17.8 Å². The fraction of sp³-hybridized carbons (Fsp3) is 0.682. The number of morpholine rings is 1. The third kappa shape index (κ3) is 5.69. The Bertz CT molecular complexity index is 596. The molecule has 0 radical (unpaired) electrons. The second-order valence-corrected chi connectivity index (χ2v) is 8.37. The molecule has 1 aliphatic heterocycles. The van der Waals surface area contributed by atoms with E-state index >= 15 is 0 Å². The van der Waals surface area contributed by atoms with Crippen LogP contribution in [0.2, 0.25) is 0 Å². The highest BCUT2D eigenvalue weighted by molar-refractivity contribution is 5.91. The number of carbonyl (C=O) groups excluding carboxylic acids is 1. The van der Waals surface area contributed by atoms with Crippen molar-refractivity contribution in [3.63, 3.8) is 0 Å². The average Bonchev–Trinajstić information content (AvgIpc) is 2.67. The molecule has 1 saturated carbocycles. The van der Waals surface area contributed by atoms with Crippen LogP contribution in [0.3, 0.4) is 0 Å². The summed E-state index contributed by atoms with van der Waals surface area (Å²) in [5, 5.41) is 2.96. The van der Waals surface area contributed by atoms with E-state index in [2.05, 4.69) is 43.1 Å². The molecule has 0 unspecified atom stereocenters. The summed E-state index contributed by atoms with van der Waals surface area (Å²) in [5.41, 5.74) is 1.99. The van der Waals surface area contributed by atoms with Gasteiger partial charge in [0, 0.05) is 24.5 Å². The normalized spacial score (nSPS) is 26.2. The first-order valence-corrected chi connectivity index (χ1v) is 10.4. The van der Waals surface area contributed by atoms with Crippen LogP contribution in [0.4, 0.5) is 11.4 Å². The van der Waals surface area contributed by atoms with Crippen molar-refractivity contribution in [2.24, 2.45) is 17.8 Å². The Balaban J connectivity index is 1.48. The van der Waals surface area contributed by atoms with E-state index in [1.54, 1.807) is 0 Å². The summed E-state index contributed by atoms with van der Waals surface area (Å²) in [6.07, 6.45) is 3.73. The number of nitrogens with one attached hydrogen (secondary N) is 1. The predicted molar refractivity (Wildman–Crippen MR) is 109 cm³/mol. The first-order valence-electron chi connectivity index (χ1n) is 10.4. The van der Waals surface area contributed by atoms with Crippen molar-refractivity contribution in [1.29, 1.82) is 0 Å². The number of carbonyl (C=O) groups is 1. The number of benzene rings is 1. The summed E-state index contributed by atoms with van der Waals surface area (Å²) in [6, 6.07) is 8.03. The highest BCUT2D eigenvalue weighted by Crippen LogP contribution is 2.35. The van der Waals surface area contributed by atoms with E-state index in [0.717, 1.165) is 38.4 Å². The quantitative estimate of drug-likeness (QED) is 0.819. The van der Waals surface area contributed by atoms with Crippen LogP contribution in [0.5, 0.6) is 0 Å². The average molecular weight is 375 g/mol. The molecule has 1 N–H and O–H groups in total. The van der Waals surface area contributed by atoms with Crippen LogP contribution in [-0.2, 0) is 14.3 Å². The molecule has 5 nitrogen and oxygen atoms in total. The van der Waals surface area contributed by atoms with Gasteiger partial charge in [0.2, 0.25) is 5.91 Å². The Hall–Kier alpha value is -1.59. The number of rotatable bonds is 6. The highest BCUT2D eigenvalue weighted by Gasteiger charge is 2.31. The highest BCUT2D eigenvalue weighted by atomic mass is 16.5. The van der Waals surface area contributed by atoms with Crippen LogP contribution in [0.15, 0.2) is 24.3 Å². The van der Waals surface area contributed by atoms with Gasteiger partial charge in [-0.1, -0.05) is 27.2 Å². The van der Waals surface area contributed by atoms with Crippen molar-refractivity contribution >= 4 is 17.3 Å². The predicted octanol–water partition coefficient (Wildman–Crippen LogP) is 3.94. The number of ether oxygens (including phenoxy) is 2. The minimum absolute atomic E-state index is 0.0742. The summed E-state index contributed by atoms with van der Waals surface area (Å²) in [5.74, 6) is 1.76. The second-order valence-electron chi connectivity index (χ2n) is 8.37. The van der Waals surface area contributed by atoms with Crippen molar-refractivity contribution in [3.8, 4) is 0 Å². The number of hydrogen-bond donors (Lipinski definition) is 1. The Morgan fingerprint density at radius 1 is 1.22 bits per heavy atom. The smallest absolute Gasteiger partial charge is 0.250 e. The van der Waals surface area contributed by atoms with Gasteiger partial charge in [0.05, 0.1) is 19.3 Å². The summed E-state index contributed by atoms with van der Waals surface area (Å²) in [6.45, 7) is 10.3. The van der Waals surface area contributed by atoms with E-state index < -0.39 is 0 Å². The molecular formula is C22H34N2O3.